The first-order valence-electron chi connectivity index (χ1n) is 7.17. The number of rotatable bonds is 7. The van der Waals surface area contributed by atoms with Crippen LogP contribution in [0.15, 0.2) is 48.5 Å². The summed E-state index contributed by atoms with van der Waals surface area (Å²) in [5.74, 6) is -0.925. The van der Waals surface area contributed by atoms with Gasteiger partial charge in [0.25, 0.3) is 0 Å². The zero-order valence-electron chi connectivity index (χ0n) is 12.8. The molecule has 0 amide bonds. The van der Waals surface area contributed by atoms with E-state index in [-0.39, 0.29) is 12.2 Å². The molecule has 0 aliphatic heterocycles. The van der Waals surface area contributed by atoms with Crippen LogP contribution in [0.5, 0.6) is 5.75 Å². The topological polar surface area (TPSA) is 63.6 Å². The molecule has 1 atom stereocenters. The molecule has 6 heteroatoms. The van der Waals surface area contributed by atoms with Crippen molar-refractivity contribution in [3.8, 4) is 5.75 Å². The van der Waals surface area contributed by atoms with Crippen LogP contribution < -0.4 is 4.74 Å². The van der Waals surface area contributed by atoms with Gasteiger partial charge in [-0.3, -0.25) is 0 Å². The monoisotopic (exact) mass is 338 g/mol. The quantitative estimate of drug-likeness (QED) is 0.842. The van der Waals surface area contributed by atoms with E-state index in [2.05, 4.69) is 0 Å². The molecular formula is C17H19FO4S. The van der Waals surface area contributed by atoms with Crippen LogP contribution in [-0.4, -0.2) is 32.0 Å². The van der Waals surface area contributed by atoms with E-state index in [0.717, 1.165) is 5.56 Å². The van der Waals surface area contributed by atoms with Gasteiger partial charge in [0.05, 0.1) is 11.5 Å². The van der Waals surface area contributed by atoms with Crippen LogP contribution in [-0.2, 0) is 15.6 Å². The summed E-state index contributed by atoms with van der Waals surface area (Å²) in [4.78, 5) is 0. The molecule has 0 radical (unpaired) electrons. The van der Waals surface area contributed by atoms with Crippen molar-refractivity contribution in [2.45, 2.75) is 18.8 Å². The van der Waals surface area contributed by atoms with Crippen LogP contribution in [0.4, 0.5) is 4.39 Å². The van der Waals surface area contributed by atoms with Gasteiger partial charge in [0.1, 0.15) is 24.3 Å². The third-order valence-corrected chi connectivity index (χ3v) is 4.85. The standard InChI is InChI=1S/C17H19FO4S/c1-13-5-4-7-16(9-13)22-10-15(19)12-23(20,21)11-14-6-2-3-8-17(14)18/h2-9,15,19H,10-12H2,1H3. The molecule has 0 aliphatic carbocycles. The van der Waals surface area contributed by atoms with Crippen molar-refractivity contribution >= 4 is 9.84 Å². The van der Waals surface area contributed by atoms with E-state index in [0.29, 0.717) is 5.75 Å². The van der Waals surface area contributed by atoms with Crippen LogP contribution in [0, 0.1) is 12.7 Å². The number of aryl methyl sites for hydroxylation is 1. The van der Waals surface area contributed by atoms with Gasteiger partial charge in [0.15, 0.2) is 9.84 Å². The van der Waals surface area contributed by atoms with Crippen LogP contribution in [0.3, 0.4) is 0 Å². The lowest BCUT2D eigenvalue weighted by Gasteiger charge is -2.13. The summed E-state index contributed by atoms with van der Waals surface area (Å²) < 4.78 is 43.0. The SMILES string of the molecule is Cc1cccc(OCC(O)CS(=O)(=O)Cc2ccccc2F)c1. The predicted octanol–water partition coefficient (Wildman–Crippen LogP) is 2.49. The van der Waals surface area contributed by atoms with Crippen molar-refractivity contribution in [2.24, 2.45) is 0 Å². The van der Waals surface area contributed by atoms with Crippen molar-refractivity contribution in [3.05, 3.63) is 65.5 Å². The van der Waals surface area contributed by atoms with Gasteiger partial charge < -0.3 is 9.84 Å². The Morgan fingerprint density at radius 1 is 1.17 bits per heavy atom. The molecule has 0 saturated heterocycles. The zero-order chi connectivity index (χ0) is 16.9. The summed E-state index contributed by atoms with van der Waals surface area (Å²) in [6, 6.07) is 12.9. The minimum atomic E-state index is -3.64. The summed E-state index contributed by atoms with van der Waals surface area (Å²) in [5.41, 5.74) is 1.10. The van der Waals surface area contributed by atoms with E-state index in [1.54, 1.807) is 18.2 Å². The Bertz CT molecular complexity index is 759. The number of sulfone groups is 1. The summed E-state index contributed by atoms with van der Waals surface area (Å²) in [6.07, 6.45) is -1.17. The molecule has 0 spiro atoms. The summed E-state index contributed by atoms with van der Waals surface area (Å²) in [5, 5.41) is 9.86. The molecule has 4 nitrogen and oxygen atoms in total. The van der Waals surface area contributed by atoms with E-state index in [9.17, 15) is 17.9 Å². The van der Waals surface area contributed by atoms with E-state index in [1.165, 1.54) is 18.2 Å². The average molecular weight is 338 g/mol. The van der Waals surface area contributed by atoms with Gasteiger partial charge in [-0.05, 0) is 30.7 Å². The van der Waals surface area contributed by atoms with Crippen molar-refractivity contribution in [1.82, 2.24) is 0 Å². The summed E-state index contributed by atoms with van der Waals surface area (Å²) in [7, 11) is -3.64. The number of hydrogen-bond acceptors (Lipinski definition) is 4. The minimum absolute atomic E-state index is 0.0966. The molecule has 23 heavy (non-hydrogen) atoms. The molecule has 2 rings (SSSR count). The molecule has 124 valence electrons. The molecule has 1 N–H and O–H groups in total. The Hall–Kier alpha value is -1.92. The fourth-order valence-corrected chi connectivity index (χ4v) is 3.66. The second-order valence-electron chi connectivity index (χ2n) is 5.43. The average Bonchev–Trinajstić information content (AvgIpc) is 2.47. The molecule has 0 saturated carbocycles. The molecular weight excluding hydrogens is 319 g/mol. The lowest BCUT2D eigenvalue weighted by atomic mass is 10.2. The second kappa shape index (κ2) is 7.57. The summed E-state index contributed by atoms with van der Waals surface area (Å²) >= 11 is 0. The highest BCUT2D eigenvalue weighted by molar-refractivity contribution is 7.90. The van der Waals surface area contributed by atoms with E-state index < -0.39 is 33.3 Å². The highest BCUT2D eigenvalue weighted by Gasteiger charge is 2.20. The Labute approximate surface area is 135 Å². The molecule has 2 aromatic rings. The Morgan fingerprint density at radius 2 is 1.91 bits per heavy atom. The number of aliphatic hydroxyl groups excluding tert-OH is 1. The molecule has 0 heterocycles. The molecule has 0 fully saturated rings. The fourth-order valence-electron chi connectivity index (χ4n) is 2.15. The maximum atomic E-state index is 13.5. The van der Waals surface area contributed by atoms with Crippen LogP contribution >= 0.6 is 0 Å². The number of aliphatic hydroxyl groups is 1. The van der Waals surface area contributed by atoms with Crippen LogP contribution in [0.1, 0.15) is 11.1 Å². The van der Waals surface area contributed by atoms with E-state index in [1.807, 2.05) is 19.1 Å². The first-order chi connectivity index (χ1) is 10.9. The normalized spacial score (nSPS) is 12.8. The summed E-state index contributed by atoms with van der Waals surface area (Å²) in [6.45, 7) is 1.77. The maximum absolute atomic E-state index is 13.5. The minimum Gasteiger partial charge on any atom is -0.491 e. The Balaban J connectivity index is 1.91. The third kappa shape index (κ3) is 5.65. The van der Waals surface area contributed by atoms with E-state index >= 15 is 0 Å². The van der Waals surface area contributed by atoms with Gasteiger partial charge in [-0.2, -0.15) is 0 Å². The fraction of sp³-hybridized carbons (Fsp3) is 0.294. The van der Waals surface area contributed by atoms with E-state index in [4.69, 9.17) is 4.74 Å². The zero-order valence-corrected chi connectivity index (χ0v) is 13.6. The van der Waals surface area contributed by atoms with Gasteiger partial charge in [-0.25, -0.2) is 12.8 Å². The highest BCUT2D eigenvalue weighted by atomic mass is 32.2. The van der Waals surface area contributed by atoms with Gasteiger partial charge in [0, 0.05) is 5.56 Å². The molecule has 0 bridgehead atoms. The number of halogens is 1. The molecule has 0 aromatic heterocycles. The predicted molar refractivity (Wildman–Crippen MR) is 86.6 cm³/mol. The van der Waals surface area contributed by atoms with Crippen molar-refractivity contribution < 1.29 is 22.7 Å². The maximum Gasteiger partial charge on any atom is 0.157 e. The number of hydrogen-bond donors (Lipinski definition) is 1. The van der Waals surface area contributed by atoms with Gasteiger partial charge >= 0.3 is 0 Å². The van der Waals surface area contributed by atoms with Gasteiger partial charge in [0.2, 0.25) is 0 Å². The molecule has 1 unspecified atom stereocenters. The molecule has 2 aromatic carbocycles. The Morgan fingerprint density at radius 3 is 2.61 bits per heavy atom. The van der Waals surface area contributed by atoms with Crippen molar-refractivity contribution in [2.75, 3.05) is 12.4 Å². The smallest absolute Gasteiger partial charge is 0.157 e. The Kier molecular flexibility index (Phi) is 5.74. The lowest BCUT2D eigenvalue weighted by Crippen LogP contribution is -2.28. The van der Waals surface area contributed by atoms with Crippen LogP contribution in [0.25, 0.3) is 0 Å². The van der Waals surface area contributed by atoms with Crippen molar-refractivity contribution in [3.63, 3.8) is 0 Å². The van der Waals surface area contributed by atoms with Gasteiger partial charge in [-0.15, -0.1) is 0 Å². The van der Waals surface area contributed by atoms with Crippen molar-refractivity contribution in [1.29, 1.82) is 0 Å². The first kappa shape index (κ1) is 17.4. The lowest BCUT2D eigenvalue weighted by molar-refractivity contribution is 0.125. The second-order valence-corrected chi connectivity index (χ2v) is 7.54. The highest BCUT2D eigenvalue weighted by Crippen LogP contribution is 2.14. The number of ether oxygens (including phenoxy) is 1. The first-order valence-corrected chi connectivity index (χ1v) is 8.99. The largest absolute Gasteiger partial charge is 0.491 e. The third-order valence-electron chi connectivity index (χ3n) is 3.21. The van der Waals surface area contributed by atoms with Crippen LogP contribution in [0.2, 0.25) is 0 Å². The molecule has 0 aliphatic rings. The van der Waals surface area contributed by atoms with Gasteiger partial charge in [-0.1, -0.05) is 30.3 Å². The number of benzene rings is 2.